The molecule has 1 aliphatic rings. The molecule has 1 saturated heterocycles. The van der Waals surface area contributed by atoms with Gasteiger partial charge in [0.1, 0.15) is 22.8 Å². The van der Waals surface area contributed by atoms with Crippen molar-refractivity contribution in [2.75, 3.05) is 13.2 Å². The Morgan fingerprint density at radius 1 is 0.860 bits per heavy atom. The minimum Gasteiger partial charge on any atom is -0.508 e. The van der Waals surface area contributed by atoms with E-state index in [1.807, 2.05) is 45.0 Å². The number of phenolic OH excluding ortho intramolecular Hbond substituents is 1. The van der Waals surface area contributed by atoms with Crippen molar-refractivity contribution in [3.05, 3.63) is 89.5 Å². The topological polar surface area (TPSA) is 74.2 Å². The van der Waals surface area contributed by atoms with E-state index in [9.17, 15) is 9.90 Å². The van der Waals surface area contributed by atoms with Crippen molar-refractivity contribution in [1.29, 1.82) is 0 Å². The van der Waals surface area contributed by atoms with Gasteiger partial charge >= 0.3 is 5.97 Å². The third-order valence-electron chi connectivity index (χ3n) is 8.05. The van der Waals surface area contributed by atoms with E-state index in [0.29, 0.717) is 23.5 Å². The van der Waals surface area contributed by atoms with Gasteiger partial charge in [-0.1, -0.05) is 50.2 Å². The molecule has 0 spiro atoms. The minimum absolute atomic E-state index is 0.123. The summed E-state index contributed by atoms with van der Waals surface area (Å²) < 4.78 is 22.9. The molecule has 4 unspecified atom stereocenters. The van der Waals surface area contributed by atoms with Crippen molar-refractivity contribution in [2.24, 2.45) is 0 Å². The molecule has 1 aliphatic heterocycles. The lowest BCUT2D eigenvalue weighted by molar-refractivity contribution is -0.157. The first-order valence-corrected chi connectivity index (χ1v) is 15.7. The van der Waals surface area contributed by atoms with E-state index in [2.05, 4.69) is 50.2 Å². The molecule has 232 valence electrons. The second-order valence-corrected chi connectivity index (χ2v) is 12.7. The Kier molecular flexibility index (Phi) is 11.5. The molecule has 43 heavy (non-hydrogen) atoms. The van der Waals surface area contributed by atoms with E-state index < -0.39 is 5.60 Å². The highest BCUT2D eigenvalue weighted by Crippen LogP contribution is 2.39. The number of carbonyl (C=O) groups is 1. The summed E-state index contributed by atoms with van der Waals surface area (Å²) in [6.07, 6.45) is 5.98. The van der Waals surface area contributed by atoms with Crippen LogP contribution in [0, 0.1) is 0 Å². The van der Waals surface area contributed by atoms with Crippen molar-refractivity contribution in [3.8, 4) is 17.2 Å². The largest absolute Gasteiger partial charge is 0.508 e. The Hall–Kier alpha value is -3.51. The second-order valence-electron chi connectivity index (χ2n) is 12.7. The van der Waals surface area contributed by atoms with Gasteiger partial charge in [-0.15, -0.1) is 0 Å². The van der Waals surface area contributed by atoms with Crippen LogP contribution in [0.5, 0.6) is 17.2 Å². The van der Waals surface area contributed by atoms with Gasteiger partial charge in [0.05, 0.1) is 6.61 Å². The van der Waals surface area contributed by atoms with Crippen LogP contribution in [0.2, 0.25) is 0 Å². The van der Waals surface area contributed by atoms with Gasteiger partial charge in [0.25, 0.3) is 0 Å². The van der Waals surface area contributed by atoms with Crippen LogP contribution in [0.3, 0.4) is 0 Å². The number of hydrogen-bond donors (Lipinski definition) is 1. The van der Waals surface area contributed by atoms with Crippen molar-refractivity contribution in [3.63, 3.8) is 0 Å². The molecule has 1 fully saturated rings. The second kappa shape index (κ2) is 15.3. The predicted molar refractivity (Wildman–Crippen MR) is 170 cm³/mol. The number of aromatic hydroxyl groups is 1. The summed E-state index contributed by atoms with van der Waals surface area (Å²) >= 11 is 0. The van der Waals surface area contributed by atoms with Crippen molar-refractivity contribution in [1.82, 2.24) is 0 Å². The van der Waals surface area contributed by atoms with Crippen LogP contribution in [-0.4, -0.2) is 36.2 Å². The molecule has 0 aliphatic carbocycles. The zero-order chi connectivity index (χ0) is 30.8. The van der Waals surface area contributed by atoms with E-state index in [0.717, 1.165) is 50.9 Å². The standard InChI is InChI=1S/C37H48O6/c1-6-27(29-10-16-32(38)17-11-29)24-31(30-14-18-33(19-15-30)41-25-35(39)43-37(3,4)5)23-26(2)28-12-20-34(21-13-28)42-36-9-7-8-22-40-36/h10-21,26-27,31,36,38H,6-9,22-25H2,1-5H3. The first-order valence-electron chi connectivity index (χ1n) is 15.7. The third kappa shape index (κ3) is 10.3. The van der Waals surface area contributed by atoms with Crippen molar-refractivity contribution < 1.29 is 28.8 Å². The quantitative estimate of drug-likeness (QED) is 0.201. The number of phenols is 1. The molecular weight excluding hydrogens is 540 g/mol. The predicted octanol–water partition coefficient (Wildman–Crippen LogP) is 8.88. The molecule has 3 aromatic carbocycles. The average molecular weight is 589 g/mol. The Morgan fingerprint density at radius 3 is 2.07 bits per heavy atom. The molecule has 0 amide bonds. The van der Waals surface area contributed by atoms with Crippen molar-refractivity contribution in [2.45, 2.75) is 103 Å². The van der Waals surface area contributed by atoms with Gasteiger partial charge in [0.2, 0.25) is 0 Å². The summed E-state index contributed by atoms with van der Waals surface area (Å²) in [5, 5.41) is 9.83. The van der Waals surface area contributed by atoms with Gasteiger partial charge in [0, 0.05) is 6.42 Å². The van der Waals surface area contributed by atoms with Crippen LogP contribution in [0.15, 0.2) is 72.8 Å². The van der Waals surface area contributed by atoms with Gasteiger partial charge < -0.3 is 24.1 Å². The van der Waals surface area contributed by atoms with Crippen LogP contribution in [0.25, 0.3) is 0 Å². The van der Waals surface area contributed by atoms with E-state index in [-0.39, 0.29) is 24.6 Å². The molecule has 0 saturated carbocycles. The first kappa shape index (κ1) is 32.4. The Labute approximate surface area is 257 Å². The van der Waals surface area contributed by atoms with E-state index in [1.165, 1.54) is 16.7 Å². The Balaban J connectivity index is 1.47. The fraction of sp³-hybridized carbons (Fsp3) is 0.486. The number of carbonyl (C=O) groups excluding carboxylic acids is 1. The number of rotatable bonds is 13. The Bertz CT molecular complexity index is 1250. The van der Waals surface area contributed by atoms with Crippen LogP contribution in [0.1, 0.15) is 108 Å². The number of esters is 1. The number of ether oxygens (including phenoxy) is 4. The van der Waals surface area contributed by atoms with E-state index in [4.69, 9.17) is 18.9 Å². The number of hydrogen-bond acceptors (Lipinski definition) is 6. The fourth-order valence-electron chi connectivity index (χ4n) is 5.74. The first-order chi connectivity index (χ1) is 20.6. The van der Waals surface area contributed by atoms with Crippen LogP contribution in [-0.2, 0) is 14.3 Å². The van der Waals surface area contributed by atoms with Gasteiger partial charge in [-0.3, -0.25) is 0 Å². The highest BCUT2D eigenvalue weighted by Gasteiger charge is 2.23. The zero-order valence-corrected chi connectivity index (χ0v) is 26.4. The molecular formula is C37H48O6. The molecule has 4 atom stereocenters. The summed E-state index contributed by atoms with van der Waals surface area (Å²) in [6.45, 7) is 10.7. The van der Waals surface area contributed by atoms with E-state index in [1.54, 1.807) is 12.1 Å². The highest BCUT2D eigenvalue weighted by atomic mass is 16.7. The van der Waals surface area contributed by atoms with Gasteiger partial charge in [-0.05, 0) is 124 Å². The molecule has 6 heteroatoms. The van der Waals surface area contributed by atoms with Crippen LogP contribution in [0.4, 0.5) is 0 Å². The summed E-state index contributed by atoms with van der Waals surface area (Å²) in [6, 6.07) is 24.2. The normalized spacial score (nSPS) is 17.5. The van der Waals surface area contributed by atoms with Crippen LogP contribution < -0.4 is 9.47 Å². The summed E-state index contributed by atoms with van der Waals surface area (Å²) in [5.41, 5.74) is 3.21. The maximum absolute atomic E-state index is 12.1. The highest BCUT2D eigenvalue weighted by molar-refractivity contribution is 5.71. The lowest BCUT2D eigenvalue weighted by atomic mass is 9.78. The molecule has 0 bridgehead atoms. The van der Waals surface area contributed by atoms with Crippen molar-refractivity contribution >= 4 is 5.97 Å². The molecule has 6 nitrogen and oxygen atoms in total. The van der Waals surface area contributed by atoms with Gasteiger partial charge in [-0.2, -0.15) is 0 Å². The lowest BCUT2D eigenvalue weighted by Crippen LogP contribution is -2.27. The number of benzene rings is 3. The van der Waals surface area contributed by atoms with Gasteiger partial charge in [-0.25, -0.2) is 4.79 Å². The monoisotopic (exact) mass is 588 g/mol. The maximum atomic E-state index is 12.1. The molecule has 3 aromatic rings. The molecule has 0 radical (unpaired) electrons. The molecule has 4 rings (SSSR count). The minimum atomic E-state index is -0.543. The lowest BCUT2D eigenvalue weighted by Gasteiger charge is -2.27. The average Bonchev–Trinajstić information content (AvgIpc) is 2.99. The molecule has 1 heterocycles. The SMILES string of the molecule is CCC(CC(CC(C)c1ccc(OC2CCCCO2)cc1)c1ccc(OCC(=O)OC(C)(C)C)cc1)c1ccc(O)cc1. The fourth-order valence-corrected chi connectivity index (χ4v) is 5.74. The zero-order valence-electron chi connectivity index (χ0n) is 26.4. The summed E-state index contributed by atoms with van der Waals surface area (Å²) in [7, 11) is 0. The van der Waals surface area contributed by atoms with Gasteiger partial charge in [0.15, 0.2) is 12.9 Å². The van der Waals surface area contributed by atoms with E-state index >= 15 is 0 Å². The third-order valence-corrected chi connectivity index (χ3v) is 8.05. The summed E-state index contributed by atoms with van der Waals surface area (Å²) in [5.74, 6) is 2.36. The maximum Gasteiger partial charge on any atom is 0.344 e. The summed E-state index contributed by atoms with van der Waals surface area (Å²) in [4.78, 5) is 12.1. The van der Waals surface area contributed by atoms with Crippen LogP contribution >= 0.6 is 0 Å². The molecule has 1 N–H and O–H groups in total. The molecule has 0 aromatic heterocycles. The smallest absolute Gasteiger partial charge is 0.344 e. The Morgan fingerprint density at radius 2 is 1.47 bits per heavy atom.